The summed E-state index contributed by atoms with van der Waals surface area (Å²) >= 11 is 0. The van der Waals surface area contributed by atoms with Crippen LogP contribution in [0.3, 0.4) is 0 Å². The molecule has 1 aromatic heterocycles. The number of anilines is 3. The van der Waals surface area contributed by atoms with Gasteiger partial charge in [-0.3, -0.25) is 4.79 Å². The van der Waals surface area contributed by atoms with Gasteiger partial charge in [0.05, 0.1) is 30.1 Å². The molecule has 0 unspecified atom stereocenters. The summed E-state index contributed by atoms with van der Waals surface area (Å²) < 4.78 is 18.3. The van der Waals surface area contributed by atoms with Crippen molar-refractivity contribution in [3.8, 4) is 0 Å². The van der Waals surface area contributed by atoms with Gasteiger partial charge in [0, 0.05) is 5.69 Å². The molecule has 0 atom stereocenters. The van der Waals surface area contributed by atoms with Crippen molar-refractivity contribution in [1.82, 2.24) is 4.98 Å². The lowest BCUT2D eigenvalue weighted by molar-refractivity contribution is 0.0600. The molecular formula is C20H16FN3O3. The Bertz CT molecular complexity index is 957. The van der Waals surface area contributed by atoms with Crippen molar-refractivity contribution in [3.63, 3.8) is 0 Å². The molecule has 6 nitrogen and oxygen atoms in total. The van der Waals surface area contributed by atoms with E-state index in [9.17, 15) is 14.0 Å². The number of ether oxygens (including phenoxy) is 1. The molecule has 3 aromatic rings. The Labute approximate surface area is 155 Å². The maximum absolute atomic E-state index is 13.6. The second-order valence-corrected chi connectivity index (χ2v) is 5.56. The molecule has 0 spiro atoms. The first kappa shape index (κ1) is 18.1. The first-order chi connectivity index (χ1) is 13.1. The molecule has 3 rings (SSSR count). The molecule has 0 bridgehead atoms. The number of halogens is 1. The van der Waals surface area contributed by atoms with Gasteiger partial charge in [0.1, 0.15) is 11.6 Å². The lowest BCUT2D eigenvalue weighted by atomic mass is 10.2. The van der Waals surface area contributed by atoms with Gasteiger partial charge in [-0.15, -0.1) is 0 Å². The molecule has 1 amide bonds. The number of pyridine rings is 1. The predicted molar refractivity (Wildman–Crippen MR) is 99.7 cm³/mol. The average Bonchev–Trinajstić information content (AvgIpc) is 2.69. The lowest BCUT2D eigenvalue weighted by Gasteiger charge is -2.09. The highest BCUT2D eigenvalue weighted by Crippen LogP contribution is 2.18. The molecule has 0 radical (unpaired) electrons. The number of hydrogen-bond donors (Lipinski definition) is 2. The van der Waals surface area contributed by atoms with E-state index in [2.05, 4.69) is 20.4 Å². The third-order valence-electron chi connectivity index (χ3n) is 3.72. The minimum atomic E-state index is -0.586. The maximum atomic E-state index is 13.6. The van der Waals surface area contributed by atoms with Crippen molar-refractivity contribution < 1.29 is 18.7 Å². The smallest absolute Gasteiger partial charge is 0.337 e. The summed E-state index contributed by atoms with van der Waals surface area (Å²) in [6.07, 6.45) is 1.46. The van der Waals surface area contributed by atoms with Crippen molar-refractivity contribution in [2.45, 2.75) is 0 Å². The summed E-state index contributed by atoms with van der Waals surface area (Å²) in [5, 5.41) is 5.67. The molecule has 0 fully saturated rings. The number of nitrogens with zero attached hydrogens (tertiary/aromatic N) is 1. The number of hydrogen-bond acceptors (Lipinski definition) is 5. The van der Waals surface area contributed by atoms with Gasteiger partial charge in [0.25, 0.3) is 5.91 Å². The van der Waals surface area contributed by atoms with Crippen LogP contribution >= 0.6 is 0 Å². The highest BCUT2D eigenvalue weighted by molar-refractivity contribution is 6.04. The summed E-state index contributed by atoms with van der Waals surface area (Å²) in [4.78, 5) is 27.7. The van der Waals surface area contributed by atoms with E-state index in [1.807, 2.05) is 0 Å². The van der Waals surface area contributed by atoms with Gasteiger partial charge < -0.3 is 15.4 Å². The van der Waals surface area contributed by atoms with E-state index >= 15 is 0 Å². The summed E-state index contributed by atoms with van der Waals surface area (Å²) in [7, 11) is 1.32. The number of carbonyl (C=O) groups is 2. The van der Waals surface area contributed by atoms with E-state index in [1.165, 1.54) is 31.5 Å². The van der Waals surface area contributed by atoms with Gasteiger partial charge >= 0.3 is 5.97 Å². The minimum Gasteiger partial charge on any atom is -0.465 e. The summed E-state index contributed by atoms with van der Waals surface area (Å²) in [5.74, 6) is -0.995. The molecule has 2 aromatic carbocycles. The number of methoxy groups -OCH3 is 1. The first-order valence-corrected chi connectivity index (χ1v) is 8.04. The van der Waals surface area contributed by atoms with Gasteiger partial charge in [0.2, 0.25) is 0 Å². The van der Waals surface area contributed by atoms with Crippen LogP contribution in [0.25, 0.3) is 0 Å². The van der Waals surface area contributed by atoms with Crippen molar-refractivity contribution in [2.24, 2.45) is 0 Å². The fraction of sp³-hybridized carbons (Fsp3) is 0.0500. The Kier molecular flexibility index (Phi) is 5.41. The quantitative estimate of drug-likeness (QED) is 0.668. The topological polar surface area (TPSA) is 80.3 Å². The first-order valence-electron chi connectivity index (χ1n) is 8.04. The van der Waals surface area contributed by atoms with Crippen LogP contribution in [0.2, 0.25) is 0 Å². The molecular weight excluding hydrogens is 349 g/mol. The number of amides is 1. The van der Waals surface area contributed by atoms with Gasteiger partial charge in [-0.1, -0.05) is 12.1 Å². The van der Waals surface area contributed by atoms with Gasteiger partial charge in [0.15, 0.2) is 0 Å². The Morgan fingerprint density at radius 1 is 0.963 bits per heavy atom. The second-order valence-electron chi connectivity index (χ2n) is 5.56. The van der Waals surface area contributed by atoms with E-state index in [0.717, 1.165) is 5.69 Å². The zero-order valence-electron chi connectivity index (χ0n) is 14.4. The highest BCUT2D eigenvalue weighted by atomic mass is 19.1. The predicted octanol–water partition coefficient (Wildman–Crippen LogP) is 4.00. The largest absolute Gasteiger partial charge is 0.465 e. The van der Waals surface area contributed by atoms with Gasteiger partial charge in [-0.05, 0) is 48.5 Å². The number of carbonyl (C=O) groups excluding carboxylic acids is 2. The van der Waals surface area contributed by atoms with E-state index in [1.54, 1.807) is 42.5 Å². The molecule has 0 saturated carbocycles. The summed E-state index contributed by atoms with van der Waals surface area (Å²) in [6.45, 7) is 0. The maximum Gasteiger partial charge on any atom is 0.337 e. The molecule has 0 saturated heterocycles. The van der Waals surface area contributed by atoms with E-state index in [0.29, 0.717) is 17.1 Å². The molecule has 0 aliphatic carbocycles. The highest BCUT2D eigenvalue weighted by Gasteiger charge is 2.11. The van der Waals surface area contributed by atoms with Crippen LogP contribution in [0.5, 0.6) is 0 Å². The summed E-state index contributed by atoms with van der Waals surface area (Å²) in [6, 6.07) is 15.8. The fourth-order valence-corrected chi connectivity index (χ4v) is 2.34. The standard InChI is InChI=1S/C20H16FN3O3/c1-27-20(26)13-6-8-14(9-7-13)23-18-11-10-15(12-22-18)24-19(25)16-4-2-3-5-17(16)21/h2-12H,1H3,(H,22,23)(H,24,25). The third-order valence-corrected chi connectivity index (χ3v) is 3.72. The minimum absolute atomic E-state index is 0.0367. The number of benzene rings is 2. The zero-order valence-corrected chi connectivity index (χ0v) is 14.4. The molecule has 2 N–H and O–H groups in total. The number of rotatable bonds is 5. The van der Waals surface area contributed by atoms with Crippen molar-refractivity contribution >= 4 is 29.1 Å². The molecule has 1 heterocycles. The van der Waals surface area contributed by atoms with Gasteiger partial charge in [-0.25, -0.2) is 14.2 Å². The lowest BCUT2D eigenvalue weighted by Crippen LogP contribution is -2.13. The Morgan fingerprint density at radius 3 is 2.30 bits per heavy atom. The normalized spacial score (nSPS) is 10.1. The van der Waals surface area contributed by atoms with Crippen LogP contribution in [-0.4, -0.2) is 24.0 Å². The van der Waals surface area contributed by atoms with Gasteiger partial charge in [-0.2, -0.15) is 0 Å². The third kappa shape index (κ3) is 4.46. The van der Waals surface area contributed by atoms with E-state index in [-0.39, 0.29) is 5.56 Å². The molecule has 0 aliphatic rings. The second kappa shape index (κ2) is 8.09. The Hall–Kier alpha value is -3.74. The number of aromatic nitrogens is 1. The monoisotopic (exact) mass is 365 g/mol. The fourth-order valence-electron chi connectivity index (χ4n) is 2.34. The van der Waals surface area contributed by atoms with Crippen molar-refractivity contribution in [3.05, 3.63) is 83.8 Å². The van der Waals surface area contributed by atoms with Crippen LogP contribution in [0.15, 0.2) is 66.9 Å². The van der Waals surface area contributed by atoms with E-state index < -0.39 is 17.7 Å². The van der Waals surface area contributed by atoms with Crippen LogP contribution in [-0.2, 0) is 4.74 Å². The summed E-state index contributed by atoms with van der Waals surface area (Å²) in [5.41, 5.74) is 1.58. The Morgan fingerprint density at radius 2 is 1.67 bits per heavy atom. The van der Waals surface area contributed by atoms with Crippen LogP contribution in [0.1, 0.15) is 20.7 Å². The number of esters is 1. The van der Waals surface area contributed by atoms with Crippen molar-refractivity contribution in [2.75, 3.05) is 17.7 Å². The molecule has 7 heteroatoms. The molecule has 27 heavy (non-hydrogen) atoms. The van der Waals surface area contributed by atoms with E-state index in [4.69, 9.17) is 0 Å². The van der Waals surface area contributed by atoms with Crippen molar-refractivity contribution in [1.29, 1.82) is 0 Å². The molecule has 136 valence electrons. The average molecular weight is 365 g/mol. The van der Waals surface area contributed by atoms with Crippen LogP contribution < -0.4 is 10.6 Å². The zero-order chi connectivity index (χ0) is 19.2. The molecule has 0 aliphatic heterocycles. The van der Waals surface area contributed by atoms with Crippen LogP contribution in [0, 0.1) is 5.82 Å². The number of nitrogens with one attached hydrogen (secondary N) is 2. The van der Waals surface area contributed by atoms with Crippen LogP contribution in [0.4, 0.5) is 21.6 Å². The SMILES string of the molecule is COC(=O)c1ccc(Nc2ccc(NC(=O)c3ccccc3F)cn2)cc1. The Balaban J connectivity index is 1.64.